The number of benzene rings is 1. The van der Waals surface area contributed by atoms with E-state index in [0.717, 1.165) is 71.5 Å². The molecule has 0 saturated carbocycles. The van der Waals surface area contributed by atoms with Gasteiger partial charge in [-0.15, -0.1) is 11.8 Å². The molecule has 2 aliphatic heterocycles. The van der Waals surface area contributed by atoms with Crippen LogP contribution in [0.2, 0.25) is 0 Å². The minimum atomic E-state index is -0.313. The number of thioether (sulfide) groups is 1. The first-order chi connectivity index (χ1) is 15.5. The van der Waals surface area contributed by atoms with Crippen molar-refractivity contribution in [3.05, 3.63) is 35.4 Å². The lowest BCUT2D eigenvalue weighted by molar-refractivity contribution is 0.249. The summed E-state index contributed by atoms with van der Waals surface area (Å²) in [4.78, 5) is 13.1. The molecule has 5 rings (SSSR count). The van der Waals surface area contributed by atoms with E-state index in [4.69, 9.17) is 14.5 Å². The average Bonchev–Trinajstić information content (AvgIpc) is 3.43. The Morgan fingerprint density at radius 1 is 1.28 bits per heavy atom. The number of fused-ring (bicyclic) bond motifs is 2. The third-order valence-corrected chi connectivity index (χ3v) is 7.59. The van der Waals surface area contributed by atoms with E-state index in [2.05, 4.69) is 29.2 Å². The van der Waals surface area contributed by atoms with E-state index in [1.54, 1.807) is 17.8 Å². The Morgan fingerprint density at radius 2 is 2.09 bits per heavy atom. The molecule has 4 heterocycles. The summed E-state index contributed by atoms with van der Waals surface area (Å²) >= 11 is 1.78. The fourth-order valence-corrected chi connectivity index (χ4v) is 5.53. The topological polar surface area (TPSA) is 87.3 Å². The number of nitrogens with one attached hydrogen (secondary N) is 1. The van der Waals surface area contributed by atoms with Crippen LogP contribution in [0.5, 0.6) is 0 Å². The highest BCUT2D eigenvalue weighted by atomic mass is 32.2. The molecule has 2 N–H and O–H groups in total. The number of aliphatic hydroxyl groups is 1. The van der Waals surface area contributed by atoms with Crippen LogP contribution in [-0.2, 0) is 6.42 Å². The quantitative estimate of drug-likeness (QED) is 0.569. The van der Waals surface area contributed by atoms with Gasteiger partial charge in [-0.3, -0.25) is 0 Å². The Morgan fingerprint density at radius 3 is 2.84 bits per heavy atom. The molecule has 0 radical (unpaired) electrons. The molecule has 1 aromatic carbocycles. The molecule has 0 spiro atoms. The predicted molar refractivity (Wildman–Crippen MR) is 124 cm³/mol. The van der Waals surface area contributed by atoms with Gasteiger partial charge < -0.3 is 19.8 Å². The van der Waals surface area contributed by atoms with Crippen LogP contribution in [0.15, 0.2) is 27.6 Å². The van der Waals surface area contributed by atoms with E-state index < -0.39 is 0 Å². The summed E-state index contributed by atoms with van der Waals surface area (Å²) in [6.07, 6.45) is 2.75. The molecule has 9 heteroatoms. The maximum atomic E-state index is 13.5. The van der Waals surface area contributed by atoms with Crippen molar-refractivity contribution in [1.29, 1.82) is 0 Å². The number of hydrogen-bond acceptors (Lipinski definition) is 8. The molecule has 2 aromatic heterocycles. The second kappa shape index (κ2) is 8.86. The van der Waals surface area contributed by atoms with Crippen LogP contribution in [0.1, 0.15) is 44.0 Å². The van der Waals surface area contributed by atoms with Crippen LogP contribution in [0.4, 0.5) is 16.2 Å². The van der Waals surface area contributed by atoms with E-state index in [9.17, 15) is 9.50 Å². The summed E-state index contributed by atoms with van der Waals surface area (Å²) in [5, 5.41) is 18.4. The molecular formula is C23H28FN5O2S. The van der Waals surface area contributed by atoms with Crippen molar-refractivity contribution in [3.63, 3.8) is 0 Å². The molecule has 7 nitrogen and oxygen atoms in total. The highest BCUT2D eigenvalue weighted by Gasteiger charge is 2.29. The van der Waals surface area contributed by atoms with Crippen molar-refractivity contribution in [2.24, 2.45) is 5.92 Å². The molecule has 0 aliphatic carbocycles. The SMILES string of the molecule is CC(C)C(CO)Nc1nc(N2CCC(c3noc4cc(F)ccc34)CC2)nc2c1SCC2. The Hall–Kier alpha value is -2.39. The molecule has 32 heavy (non-hydrogen) atoms. The van der Waals surface area contributed by atoms with Gasteiger partial charge >= 0.3 is 0 Å². The summed E-state index contributed by atoms with van der Waals surface area (Å²) in [7, 11) is 0. The molecule has 0 bridgehead atoms. The van der Waals surface area contributed by atoms with Crippen LogP contribution < -0.4 is 10.2 Å². The Labute approximate surface area is 190 Å². The largest absolute Gasteiger partial charge is 0.394 e. The smallest absolute Gasteiger partial charge is 0.227 e. The van der Waals surface area contributed by atoms with Gasteiger partial charge in [-0.05, 0) is 30.9 Å². The first-order valence-corrected chi connectivity index (χ1v) is 12.2. The molecule has 1 atom stereocenters. The van der Waals surface area contributed by atoms with Crippen molar-refractivity contribution < 1.29 is 14.0 Å². The van der Waals surface area contributed by atoms with Gasteiger partial charge in [0.2, 0.25) is 5.95 Å². The number of nitrogens with zero attached hydrogens (tertiary/aromatic N) is 4. The summed E-state index contributed by atoms with van der Waals surface area (Å²) < 4.78 is 18.8. The average molecular weight is 458 g/mol. The monoisotopic (exact) mass is 457 g/mol. The lowest BCUT2D eigenvalue weighted by Crippen LogP contribution is -2.35. The van der Waals surface area contributed by atoms with E-state index in [0.29, 0.717) is 11.5 Å². The number of hydrogen-bond donors (Lipinski definition) is 2. The maximum Gasteiger partial charge on any atom is 0.227 e. The lowest BCUT2D eigenvalue weighted by Gasteiger charge is -2.32. The van der Waals surface area contributed by atoms with Crippen LogP contribution in [0.3, 0.4) is 0 Å². The highest BCUT2D eigenvalue weighted by molar-refractivity contribution is 7.99. The maximum absolute atomic E-state index is 13.5. The Bertz CT molecular complexity index is 1110. The summed E-state index contributed by atoms with van der Waals surface area (Å²) in [6, 6.07) is 4.57. The number of aliphatic hydroxyl groups excluding tert-OH is 1. The lowest BCUT2D eigenvalue weighted by atomic mass is 9.92. The van der Waals surface area contributed by atoms with Gasteiger partial charge in [-0.25, -0.2) is 9.37 Å². The molecule has 1 unspecified atom stereocenters. The Balaban J connectivity index is 1.34. The minimum absolute atomic E-state index is 0.0425. The summed E-state index contributed by atoms with van der Waals surface area (Å²) in [5.74, 6) is 2.84. The van der Waals surface area contributed by atoms with Crippen LogP contribution in [0.25, 0.3) is 11.0 Å². The minimum Gasteiger partial charge on any atom is -0.394 e. The van der Waals surface area contributed by atoms with Gasteiger partial charge in [0.05, 0.1) is 28.9 Å². The molecule has 2 aliphatic rings. The fourth-order valence-electron chi connectivity index (χ4n) is 4.47. The Kier molecular flexibility index (Phi) is 5.94. The number of piperidine rings is 1. The van der Waals surface area contributed by atoms with E-state index >= 15 is 0 Å². The third-order valence-electron chi connectivity index (χ3n) is 6.46. The van der Waals surface area contributed by atoms with Gasteiger partial charge in [0.25, 0.3) is 0 Å². The zero-order valence-electron chi connectivity index (χ0n) is 18.3. The number of aromatic nitrogens is 3. The highest BCUT2D eigenvalue weighted by Crippen LogP contribution is 2.39. The van der Waals surface area contributed by atoms with E-state index in [-0.39, 0.29) is 24.4 Å². The van der Waals surface area contributed by atoms with Gasteiger partial charge in [0.15, 0.2) is 5.58 Å². The van der Waals surface area contributed by atoms with Crippen LogP contribution >= 0.6 is 11.8 Å². The molecule has 3 aromatic rings. The van der Waals surface area contributed by atoms with E-state index in [1.165, 1.54) is 12.1 Å². The first-order valence-electron chi connectivity index (χ1n) is 11.2. The standard InChI is InChI=1S/C23H28FN5O2S/c1-13(2)18(12-30)25-22-21-17(7-10-32-21)26-23(27-22)29-8-5-14(6-9-29)20-16-4-3-15(24)11-19(16)31-28-20/h3-4,11,13-14,18,30H,5-10,12H2,1-2H3,(H,25,26,27). The predicted octanol–water partition coefficient (Wildman–Crippen LogP) is 4.22. The van der Waals surface area contributed by atoms with Crippen LogP contribution in [-0.4, -0.2) is 51.7 Å². The van der Waals surface area contributed by atoms with E-state index in [1.807, 2.05) is 0 Å². The second-order valence-corrected chi connectivity index (χ2v) is 10.00. The number of anilines is 2. The molecule has 170 valence electrons. The van der Waals surface area contributed by atoms with Gasteiger partial charge in [-0.2, -0.15) is 4.98 Å². The zero-order chi connectivity index (χ0) is 22.2. The second-order valence-electron chi connectivity index (χ2n) is 8.89. The normalized spacial score (nSPS) is 17.8. The third kappa shape index (κ3) is 4.03. The molecular weight excluding hydrogens is 429 g/mol. The molecule has 0 amide bonds. The van der Waals surface area contributed by atoms with Crippen molar-refractivity contribution in [2.45, 2.75) is 50.0 Å². The molecule has 1 saturated heterocycles. The summed E-state index contributed by atoms with van der Waals surface area (Å²) in [6.45, 7) is 5.89. The molecule has 1 fully saturated rings. The van der Waals surface area contributed by atoms with Crippen molar-refractivity contribution in [2.75, 3.05) is 35.7 Å². The zero-order valence-corrected chi connectivity index (χ0v) is 19.2. The van der Waals surface area contributed by atoms with Gasteiger partial charge in [0.1, 0.15) is 11.6 Å². The van der Waals surface area contributed by atoms with Gasteiger partial charge in [-0.1, -0.05) is 19.0 Å². The van der Waals surface area contributed by atoms with Crippen LogP contribution in [0, 0.1) is 11.7 Å². The number of halogens is 1. The van der Waals surface area contributed by atoms with Gasteiger partial charge in [0, 0.05) is 42.6 Å². The summed E-state index contributed by atoms with van der Waals surface area (Å²) in [5.41, 5.74) is 2.51. The van der Waals surface area contributed by atoms with Crippen molar-refractivity contribution in [1.82, 2.24) is 15.1 Å². The van der Waals surface area contributed by atoms with Crippen molar-refractivity contribution >= 4 is 34.5 Å². The first kappa shape index (κ1) is 21.5. The fraction of sp³-hybridized carbons (Fsp3) is 0.522. The number of aryl methyl sites for hydroxylation is 1. The van der Waals surface area contributed by atoms with Crippen molar-refractivity contribution in [3.8, 4) is 0 Å². The number of rotatable bonds is 6.